The maximum atomic E-state index is 14.1. The molecule has 0 spiro atoms. The van der Waals surface area contributed by atoms with Crippen LogP contribution in [0, 0.1) is 19.7 Å². The average molecular weight is 477 g/mol. The molecule has 0 radical (unpaired) electrons. The van der Waals surface area contributed by atoms with Crippen molar-refractivity contribution in [3.8, 4) is 11.1 Å². The number of fused-ring (bicyclic) bond motifs is 1. The maximum Gasteiger partial charge on any atom is 0.142 e. The molecular weight excluding hydrogens is 454 g/mol. The van der Waals surface area contributed by atoms with Gasteiger partial charge in [0.25, 0.3) is 0 Å². The highest BCUT2D eigenvalue weighted by molar-refractivity contribution is 6.36. The number of aliphatic hydroxyl groups excluding tert-OH is 2. The third kappa shape index (κ3) is 3.90. The lowest BCUT2D eigenvalue weighted by atomic mass is 9.92. The Morgan fingerprint density at radius 3 is 2.72 bits per heavy atom. The van der Waals surface area contributed by atoms with Gasteiger partial charge >= 0.3 is 0 Å². The first-order valence-electron chi connectivity index (χ1n) is 10.2. The second-order valence-electron chi connectivity index (χ2n) is 7.91. The molecule has 6 nitrogen and oxygen atoms in total. The summed E-state index contributed by atoms with van der Waals surface area (Å²) in [7, 11) is 0. The van der Waals surface area contributed by atoms with Crippen molar-refractivity contribution < 1.29 is 14.6 Å². The summed E-state index contributed by atoms with van der Waals surface area (Å²) >= 11 is 12.6. The topological polar surface area (TPSA) is 87.0 Å². The van der Waals surface area contributed by atoms with Gasteiger partial charge in [0.15, 0.2) is 0 Å². The summed E-state index contributed by atoms with van der Waals surface area (Å²) in [6.45, 7) is 5.59. The predicted molar refractivity (Wildman–Crippen MR) is 124 cm³/mol. The van der Waals surface area contributed by atoms with Gasteiger partial charge in [0, 0.05) is 45.5 Å². The van der Waals surface area contributed by atoms with Gasteiger partial charge in [-0.15, -0.1) is 0 Å². The molecule has 2 atom stereocenters. The van der Waals surface area contributed by atoms with Crippen molar-refractivity contribution in [1.82, 2.24) is 19.7 Å². The minimum Gasteiger partial charge on any atom is -0.394 e. The Bertz CT molecular complexity index is 1300. The van der Waals surface area contributed by atoms with Crippen LogP contribution in [0.2, 0.25) is 10.0 Å². The largest absolute Gasteiger partial charge is 0.394 e. The van der Waals surface area contributed by atoms with Crippen molar-refractivity contribution in [2.45, 2.75) is 39.3 Å². The normalized spacial score (nSPS) is 13.6. The Hall–Kier alpha value is -2.45. The van der Waals surface area contributed by atoms with Crippen LogP contribution in [-0.2, 0) is 6.54 Å². The fourth-order valence-corrected chi connectivity index (χ4v) is 4.86. The zero-order valence-electron chi connectivity index (χ0n) is 17.8. The van der Waals surface area contributed by atoms with E-state index in [9.17, 15) is 9.50 Å². The summed E-state index contributed by atoms with van der Waals surface area (Å²) in [6, 6.07) is 4.78. The smallest absolute Gasteiger partial charge is 0.142 e. The molecule has 3 N–H and O–H groups in total. The van der Waals surface area contributed by atoms with Gasteiger partial charge in [0.1, 0.15) is 11.5 Å². The molecule has 0 aliphatic rings. The Morgan fingerprint density at radius 2 is 2.00 bits per heavy atom. The fourth-order valence-electron chi connectivity index (χ4n) is 4.16. The van der Waals surface area contributed by atoms with E-state index in [2.05, 4.69) is 15.1 Å². The number of nitrogens with one attached hydrogen (secondary N) is 1. The minimum absolute atomic E-state index is 0.0128. The van der Waals surface area contributed by atoms with E-state index in [4.69, 9.17) is 28.3 Å². The number of benzene rings is 1. The molecule has 0 aliphatic heterocycles. The van der Waals surface area contributed by atoms with E-state index < -0.39 is 11.9 Å². The van der Waals surface area contributed by atoms with Gasteiger partial charge in [0.2, 0.25) is 0 Å². The molecule has 0 saturated heterocycles. The van der Waals surface area contributed by atoms with E-state index in [-0.39, 0.29) is 24.1 Å². The molecule has 32 heavy (non-hydrogen) atoms. The van der Waals surface area contributed by atoms with Crippen molar-refractivity contribution in [2.24, 2.45) is 0 Å². The zero-order chi connectivity index (χ0) is 23.2. The van der Waals surface area contributed by atoms with E-state index in [1.807, 2.05) is 33.0 Å². The summed E-state index contributed by atoms with van der Waals surface area (Å²) in [5, 5.41) is 24.8. The summed E-state index contributed by atoms with van der Waals surface area (Å²) in [4.78, 5) is 7.73. The van der Waals surface area contributed by atoms with Crippen LogP contribution in [0.25, 0.3) is 22.2 Å². The Morgan fingerprint density at radius 1 is 1.25 bits per heavy atom. The molecule has 4 aromatic rings. The second kappa shape index (κ2) is 8.83. The Kier molecular flexibility index (Phi) is 6.27. The number of H-pyrrole nitrogens is 1. The van der Waals surface area contributed by atoms with Crippen LogP contribution in [0.15, 0.2) is 30.6 Å². The van der Waals surface area contributed by atoms with Crippen molar-refractivity contribution in [3.05, 3.63) is 69.0 Å². The summed E-state index contributed by atoms with van der Waals surface area (Å²) < 4.78 is 15.8. The lowest BCUT2D eigenvalue weighted by Gasteiger charge is -2.16. The van der Waals surface area contributed by atoms with E-state index in [1.54, 1.807) is 10.9 Å². The number of hydrogen-bond donors (Lipinski definition) is 3. The van der Waals surface area contributed by atoms with Crippen LogP contribution < -0.4 is 0 Å². The fraction of sp³-hybridized carbons (Fsp3) is 0.304. The van der Waals surface area contributed by atoms with Gasteiger partial charge in [-0.1, -0.05) is 30.1 Å². The molecule has 0 amide bonds. The van der Waals surface area contributed by atoms with Gasteiger partial charge in [-0.3, -0.25) is 4.68 Å². The molecule has 4 rings (SSSR count). The third-order valence-corrected chi connectivity index (χ3v) is 6.52. The van der Waals surface area contributed by atoms with Gasteiger partial charge in [0.05, 0.1) is 30.0 Å². The molecule has 1 aromatic carbocycles. The van der Waals surface area contributed by atoms with Gasteiger partial charge in [-0.25, -0.2) is 9.37 Å². The van der Waals surface area contributed by atoms with Crippen LogP contribution in [0.3, 0.4) is 0 Å². The quantitative estimate of drug-likeness (QED) is 0.342. The highest BCUT2D eigenvalue weighted by Crippen LogP contribution is 2.40. The molecule has 168 valence electrons. The van der Waals surface area contributed by atoms with Gasteiger partial charge in [-0.2, -0.15) is 5.10 Å². The molecule has 0 saturated carbocycles. The lowest BCUT2D eigenvalue weighted by Crippen LogP contribution is -2.21. The van der Waals surface area contributed by atoms with E-state index in [1.165, 1.54) is 12.1 Å². The second-order valence-corrected chi connectivity index (χ2v) is 8.69. The molecule has 0 fully saturated rings. The lowest BCUT2D eigenvalue weighted by molar-refractivity contribution is 0.0777. The number of aliphatic hydroxyl groups is 2. The maximum absolute atomic E-state index is 14.1. The van der Waals surface area contributed by atoms with Crippen LogP contribution in [-0.4, -0.2) is 42.7 Å². The van der Waals surface area contributed by atoms with Crippen LogP contribution in [0.1, 0.15) is 35.4 Å². The summed E-state index contributed by atoms with van der Waals surface area (Å²) in [6.07, 6.45) is 2.71. The number of nitrogens with zero attached hydrogens (tertiary/aromatic N) is 3. The Labute approximate surface area is 194 Å². The number of halogens is 3. The van der Waals surface area contributed by atoms with E-state index >= 15 is 0 Å². The molecule has 0 bridgehead atoms. The monoisotopic (exact) mass is 476 g/mol. The summed E-state index contributed by atoms with van der Waals surface area (Å²) in [5.74, 6) is -0.790. The predicted octanol–water partition coefficient (Wildman–Crippen LogP) is 4.99. The molecule has 1 unspecified atom stereocenters. The standard InChI is InChI=1S/C23H23Cl2FN4O2/c1-11(20-18(24)4-5-19(26)22(20)25)17-8-28-23-16(17)6-14(7-27-23)21-12(2)29-30(13(21)3)9-15(32)10-31/h4-8,11,15,31-32H,9-10H2,1-3H3,(H,27,28)/t11?,15-/m1/s1. The highest BCUT2D eigenvalue weighted by Gasteiger charge is 2.23. The van der Waals surface area contributed by atoms with E-state index in [0.717, 1.165) is 33.5 Å². The molecule has 9 heteroatoms. The first-order valence-corrected chi connectivity index (χ1v) is 10.9. The van der Waals surface area contributed by atoms with Crippen LogP contribution in [0.4, 0.5) is 4.39 Å². The number of aromatic amines is 1. The third-order valence-electron chi connectivity index (χ3n) is 5.81. The van der Waals surface area contributed by atoms with Crippen LogP contribution >= 0.6 is 23.2 Å². The number of aryl methyl sites for hydroxylation is 1. The van der Waals surface area contributed by atoms with Crippen molar-refractivity contribution in [3.63, 3.8) is 0 Å². The Balaban J connectivity index is 1.81. The summed E-state index contributed by atoms with van der Waals surface area (Å²) in [5.41, 5.74) is 5.53. The molecule has 0 aliphatic carbocycles. The van der Waals surface area contributed by atoms with Crippen molar-refractivity contribution >= 4 is 34.2 Å². The van der Waals surface area contributed by atoms with Crippen molar-refractivity contribution in [1.29, 1.82) is 0 Å². The molecule has 3 heterocycles. The van der Waals surface area contributed by atoms with Gasteiger partial charge < -0.3 is 15.2 Å². The SMILES string of the molecule is Cc1nn(C[C@@H](O)CO)c(C)c1-c1cnc2[nH]cc(C(C)c3c(Cl)ccc(F)c3Cl)c2c1. The van der Waals surface area contributed by atoms with Crippen LogP contribution in [0.5, 0.6) is 0 Å². The average Bonchev–Trinajstić information content (AvgIpc) is 3.30. The van der Waals surface area contributed by atoms with Crippen molar-refractivity contribution in [2.75, 3.05) is 6.61 Å². The zero-order valence-corrected chi connectivity index (χ0v) is 19.3. The molecule has 3 aromatic heterocycles. The highest BCUT2D eigenvalue weighted by atomic mass is 35.5. The first-order chi connectivity index (χ1) is 15.2. The number of aromatic nitrogens is 4. The molecular formula is C23H23Cl2FN4O2. The number of rotatable bonds is 6. The van der Waals surface area contributed by atoms with Gasteiger partial charge in [-0.05, 0) is 43.2 Å². The number of hydrogen-bond acceptors (Lipinski definition) is 4. The first kappa shape index (κ1) is 22.7. The minimum atomic E-state index is -0.889. The number of pyridine rings is 1. The van der Waals surface area contributed by atoms with E-state index in [0.29, 0.717) is 16.2 Å².